The van der Waals surface area contributed by atoms with Gasteiger partial charge in [-0.2, -0.15) is 5.10 Å². The number of sulfonamides is 1. The number of amides is 1. The molecule has 0 saturated heterocycles. The van der Waals surface area contributed by atoms with E-state index in [1.165, 1.54) is 18.3 Å². The SMILES string of the molecule is C=CCOc1ccc(/C=N/NC(=O)CN(c2ccc(C)c(C)c2)S(=O)(=O)c2ccccc2)cc1OCC. The van der Waals surface area contributed by atoms with Gasteiger partial charge in [0.2, 0.25) is 0 Å². The van der Waals surface area contributed by atoms with Crippen molar-refractivity contribution >= 4 is 27.8 Å². The molecule has 37 heavy (non-hydrogen) atoms. The lowest BCUT2D eigenvalue weighted by molar-refractivity contribution is -0.119. The molecule has 0 fully saturated rings. The molecule has 0 aromatic heterocycles. The highest BCUT2D eigenvalue weighted by atomic mass is 32.2. The molecule has 8 nitrogen and oxygen atoms in total. The number of benzene rings is 3. The summed E-state index contributed by atoms with van der Waals surface area (Å²) in [6.45, 7) is 9.67. The molecule has 0 spiro atoms. The summed E-state index contributed by atoms with van der Waals surface area (Å²) in [5.74, 6) is 0.512. The number of carbonyl (C=O) groups is 1. The van der Waals surface area contributed by atoms with Crippen molar-refractivity contribution in [1.29, 1.82) is 0 Å². The van der Waals surface area contributed by atoms with Gasteiger partial charge in [-0.3, -0.25) is 9.10 Å². The Hall–Kier alpha value is -4.11. The molecule has 0 aliphatic heterocycles. The van der Waals surface area contributed by atoms with Gasteiger partial charge in [-0.05, 0) is 79.9 Å². The van der Waals surface area contributed by atoms with Crippen LogP contribution in [0, 0.1) is 13.8 Å². The first kappa shape index (κ1) is 27.5. The van der Waals surface area contributed by atoms with Gasteiger partial charge in [0.15, 0.2) is 11.5 Å². The van der Waals surface area contributed by atoms with Crippen LogP contribution < -0.4 is 19.2 Å². The van der Waals surface area contributed by atoms with Gasteiger partial charge in [-0.25, -0.2) is 13.8 Å². The first-order valence-corrected chi connectivity index (χ1v) is 13.2. The Morgan fingerprint density at radius 3 is 2.43 bits per heavy atom. The Balaban J connectivity index is 1.80. The minimum Gasteiger partial charge on any atom is -0.490 e. The van der Waals surface area contributed by atoms with Gasteiger partial charge >= 0.3 is 0 Å². The van der Waals surface area contributed by atoms with Crippen LogP contribution in [0.25, 0.3) is 0 Å². The molecule has 3 rings (SSSR count). The Bertz CT molecular complexity index is 1370. The van der Waals surface area contributed by atoms with Gasteiger partial charge in [-0.15, -0.1) is 0 Å². The Morgan fingerprint density at radius 1 is 1.00 bits per heavy atom. The minimum atomic E-state index is -4.00. The Morgan fingerprint density at radius 2 is 1.76 bits per heavy atom. The fourth-order valence-electron chi connectivity index (χ4n) is 3.40. The normalized spacial score (nSPS) is 11.2. The highest BCUT2D eigenvalue weighted by Crippen LogP contribution is 2.28. The lowest BCUT2D eigenvalue weighted by Gasteiger charge is -2.24. The molecule has 3 aromatic rings. The zero-order valence-corrected chi connectivity index (χ0v) is 22.0. The standard InChI is InChI=1S/C28H31N3O5S/c1-5-16-36-26-15-13-23(18-27(26)35-6-2)19-29-30-28(32)20-31(24-14-12-21(3)22(4)17-24)37(33,34)25-10-8-7-9-11-25/h5,7-15,17-19H,1,6,16,20H2,2-4H3,(H,30,32)/b29-19+. The summed E-state index contributed by atoms with van der Waals surface area (Å²) in [5, 5.41) is 4.01. The van der Waals surface area contributed by atoms with Crippen molar-refractivity contribution in [2.45, 2.75) is 25.7 Å². The Labute approximate surface area is 218 Å². The summed E-state index contributed by atoms with van der Waals surface area (Å²) >= 11 is 0. The van der Waals surface area contributed by atoms with Gasteiger partial charge < -0.3 is 9.47 Å². The summed E-state index contributed by atoms with van der Waals surface area (Å²) in [5.41, 5.74) is 5.40. The fraction of sp³-hybridized carbons (Fsp3) is 0.214. The van der Waals surface area contributed by atoms with Crippen molar-refractivity contribution in [3.05, 3.63) is 96.1 Å². The van der Waals surface area contributed by atoms with Gasteiger partial charge in [-0.1, -0.05) is 36.9 Å². The monoisotopic (exact) mass is 521 g/mol. The van der Waals surface area contributed by atoms with Gasteiger partial charge in [0.1, 0.15) is 13.2 Å². The first-order chi connectivity index (χ1) is 17.8. The lowest BCUT2D eigenvalue weighted by Crippen LogP contribution is -2.39. The van der Waals surface area contributed by atoms with Crippen molar-refractivity contribution < 1.29 is 22.7 Å². The average Bonchev–Trinajstić information content (AvgIpc) is 2.89. The molecule has 0 aliphatic rings. The van der Waals surface area contributed by atoms with Crippen LogP contribution in [0.4, 0.5) is 5.69 Å². The number of nitrogens with one attached hydrogen (secondary N) is 1. The highest BCUT2D eigenvalue weighted by molar-refractivity contribution is 7.92. The van der Waals surface area contributed by atoms with Crippen molar-refractivity contribution in [1.82, 2.24) is 5.43 Å². The zero-order valence-electron chi connectivity index (χ0n) is 21.2. The number of aryl methyl sites for hydroxylation is 2. The maximum atomic E-state index is 13.4. The predicted octanol–water partition coefficient (Wildman–Crippen LogP) is 4.61. The molecule has 1 N–H and O–H groups in total. The van der Waals surface area contributed by atoms with E-state index in [1.54, 1.807) is 54.6 Å². The highest BCUT2D eigenvalue weighted by Gasteiger charge is 2.27. The van der Waals surface area contributed by atoms with E-state index in [-0.39, 0.29) is 4.90 Å². The molecule has 9 heteroatoms. The number of anilines is 1. The maximum absolute atomic E-state index is 13.4. The van der Waals surface area contributed by atoms with Crippen LogP contribution in [0.2, 0.25) is 0 Å². The van der Waals surface area contributed by atoms with Gasteiger partial charge in [0, 0.05) is 0 Å². The van der Waals surface area contributed by atoms with Gasteiger partial charge in [0.05, 0.1) is 23.4 Å². The third-order valence-corrected chi connectivity index (χ3v) is 7.21. The smallest absolute Gasteiger partial charge is 0.264 e. The van der Waals surface area contributed by atoms with Crippen LogP contribution in [0.3, 0.4) is 0 Å². The summed E-state index contributed by atoms with van der Waals surface area (Å²) in [4.78, 5) is 12.9. The first-order valence-electron chi connectivity index (χ1n) is 11.7. The molecule has 0 bridgehead atoms. The second kappa shape index (κ2) is 12.7. The molecular formula is C28H31N3O5S. The van der Waals surface area contributed by atoms with E-state index in [2.05, 4.69) is 17.1 Å². The van der Waals surface area contributed by atoms with Crippen molar-refractivity contribution in [2.24, 2.45) is 5.10 Å². The molecule has 194 valence electrons. The molecule has 0 heterocycles. The van der Waals surface area contributed by atoms with Crippen molar-refractivity contribution in [2.75, 3.05) is 24.1 Å². The third kappa shape index (κ3) is 7.20. The van der Waals surface area contributed by atoms with Crippen molar-refractivity contribution in [3.63, 3.8) is 0 Å². The number of hydrogen-bond donors (Lipinski definition) is 1. The number of carbonyl (C=O) groups excluding carboxylic acids is 1. The largest absolute Gasteiger partial charge is 0.490 e. The second-order valence-corrected chi connectivity index (χ2v) is 9.99. The number of rotatable bonds is 12. The van der Waals surface area contributed by atoms with E-state index in [0.29, 0.717) is 36.0 Å². The Kier molecular flexibility index (Phi) is 9.45. The molecular weight excluding hydrogens is 490 g/mol. The van der Waals surface area contributed by atoms with Gasteiger partial charge in [0.25, 0.3) is 15.9 Å². The van der Waals surface area contributed by atoms with E-state index in [1.807, 2.05) is 26.8 Å². The van der Waals surface area contributed by atoms with Crippen LogP contribution >= 0.6 is 0 Å². The summed E-state index contributed by atoms with van der Waals surface area (Å²) in [6, 6.07) is 18.5. The molecule has 0 aliphatic carbocycles. The molecule has 3 aromatic carbocycles. The van der Waals surface area contributed by atoms with Crippen LogP contribution in [0.5, 0.6) is 11.5 Å². The van der Waals surface area contributed by atoms with Crippen LogP contribution in [-0.4, -0.2) is 40.3 Å². The summed E-state index contributed by atoms with van der Waals surface area (Å²) in [6.07, 6.45) is 3.09. The lowest BCUT2D eigenvalue weighted by atomic mass is 10.1. The molecule has 0 unspecified atom stereocenters. The number of hydrazone groups is 1. The number of hydrogen-bond acceptors (Lipinski definition) is 6. The predicted molar refractivity (Wildman–Crippen MR) is 146 cm³/mol. The topological polar surface area (TPSA) is 97.3 Å². The van der Waals surface area contributed by atoms with Crippen LogP contribution in [-0.2, 0) is 14.8 Å². The zero-order chi connectivity index (χ0) is 26.8. The maximum Gasteiger partial charge on any atom is 0.264 e. The van der Waals surface area contributed by atoms with Crippen LogP contribution in [0.1, 0.15) is 23.6 Å². The average molecular weight is 522 g/mol. The third-order valence-electron chi connectivity index (χ3n) is 5.42. The molecule has 0 radical (unpaired) electrons. The fourth-order valence-corrected chi connectivity index (χ4v) is 4.84. The number of nitrogens with zero attached hydrogens (tertiary/aromatic N) is 2. The second-order valence-electron chi connectivity index (χ2n) is 8.13. The summed E-state index contributed by atoms with van der Waals surface area (Å²) in [7, 11) is -4.00. The molecule has 0 atom stereocenters. The minimum absolute atomic E-state index is 0.0896. The van der Waals surface area contributed by atoms with E-state index < -0.39 is 22.5 Å². The van der Waals surface area contributed by atoms with E-state index in [9.17, 15) is 13.2 Å². The van der Waals surface area contributed by atoms with Crippen LogP contribution in [0.15, 0.2) is 89.4 Å². The quantitative estimate of drug-likeness (QED) is 0.213. The van der Waals surface area contributed by atoms with Crippen molar-refractivity contribution in [3.8, 4) is 11.5 Å². The van der Waals surface area contributed by atoms with E-state index in [4.69, 9.17) is 9.47 Å². The molecule has 0 saturated carbocycles. The van der Waals surface area contributed by atoms with E-state index >= 15 is 0 Å². The summed E-state index contributed by atoms with van der Waals surface area (Å²) < 4.78 is 39.2. The molecule has 1 amide bonds. The number of ether oxygens (including phenoxy) is 2. The van der Waals surface area contributed by atoms with E-state index in [0.717, 1.165) is 15.4 Å².